The number of hydrogen-bond donors (Lipinski definition) is 2. The van der Waals surface area contributed by atoms with Crippen LogP contribution in [0.15, 0.2) is 66.2 Å². The molecule has 5 amide bonds. The van der Waals surface area contributed by atoms with Gasteiger partial charge in [-0.25, -0.2) is 14.1 Å². The van der Waals surface area contributed by atoms with Gasteiger partial charge in [0.2, 0.25) is 0 Å². The van der Waals surface area contributed by atoms with Crippen LogP contribution in [0.2, 0.25) is 0 Å². The summed E-state index contributed by atoms with van der Waals surface area (Å²) in [5, 5.41) is 4.78. The molecule has 10 heteroatoms. The Labute approximate surface area is 217 Å². The molecule has 3 aromatic rings. The molecule has 38 heavy (non-hydrogen) atoms. The van der Waals surface area contributed by atoms with Crippen molar-refractivity contribution in [2.24, 2.45) is 0 Å². The van der Waals surface area contributed by atoms with E-state index in [1.54, 1.807) is 24.3 Å². The van der Waals surface area contributed by atoms with Crippen LogP contribution >= 0.6 is 0 Å². The third-order valence-corrected chi connectivity index (χ3v) is 5.84. The fourth-order valence-electron chi connectivity index (χ4n) is 3.69. The van der Waals surface area contributed by atoms with Gasteiger partial charge in [0, 0.05) is 5.69 Å². The van der Waals surface area contributed by atoms with Crippen molar-refractivity contribution < 1.29 is 33.0 Å². The number of benzene rings is 3. The van der Waals surface area contributed by atoms with Crippen molar-refractivity contribution in [1.29, 1.82) is 0 Å². The normalized spacial score (nSPS) is 14.4. The number of anilines is 2. The lowest BCUT2D eigenvalue weighted by atomic mass is 10.0. The van der Waals surface area contributed by atoms with Gasteiger partial charge in [0.1, 0.15) is 11.4 Å². The van der Waals surface area contributed by atoms with E-state index in [0.717, 1.165) is 16.0 Å². The van der Waals surface area contributed by atoms with Crippen molar-refractivity contribution in [3.05, 3.63) is 88.7 Å². The summed E-state index contributed by atoms with van der Waals surface area (Å²) in [6, 6.07) is 14.2. The number of amides is 5. The predicted octanol–water partition coefficient (Wildman–Crippen LogP) is 4.14. The first-order chi connectivity index (χ1) is 18.2. The number of nitrogens with one attached hydrogen (secondary N) is 2. The van der Waals surface area contributed by atoms with E-state index in [2.05, 4.69) is 10.6 Å². The molecular formula is C28H24FN3O6. The molecule has 0 aromatic heterocycles. The molecule has 1 fully saturated rings. The largest absolute Gasteiger partial charge is 0.493 e. The molecule has 0 saturated carbocycles. The number of imide groups is 2. The SMILES string of the molecule is COc1cc(/C=C2/C(=O)NC(=O)N(c3ccc(C)c(C)c3)C2=O)ccc1OCC(=O)Nc1ccc(F)cc1. The van der Waals surface area contributed by atoms with Crippen LogP contribution in [0.1, 0.15) is 16.7 Å². The van der Waals surface area contributed by atoms with E-state index in [1.165, 1.54) is 49.6 Å². The van der Waals surface area contributed by atoms with Crippen molar-refractivity contribution in [2.75, 3.05) is 23.9 Å². The Hall–Kier alpha value is -4.99. The van der Waals surface area contributed by atoms with Gasteiger partial charge in [-0.3, -0.25) is 19.7 Å². The molecule has 0 bridgehead atoms. The van der Waals surface area contributed by atoms with Crippen molar-refractivity contribution in [2.45, 2.75) is 13.8 Å². The van der Waals surface area contributed by atoms with Crippen molar-refractivity contribution in [1.82, 2.24) is 5.32 Å². The highest BCUT2D eigenvalue weighted by molar-refractivity contribution is 6.39. The first-order valence-electron chi connectivity index (χ1n) is 11.5. The van der Waals surface area contributed by atoms with Crippen LogP contribution in [0.25, 0.3) is 6.08 Å². The minimum atomic E-state index is -0.833. The Morgan fingerprint density at radius 1 is 0.974 bits per heavy atom. The van der Waals surface area contributed by atoms with Crippen molar-refractivity contribution in [3.8, 4) is 11.5 Å². The summed E-state index contributed by atoms with van der Waals surface area (Å²) in [6.07, 6.45) is 1.34. The van der Waals surface area contributed by atoms with Crippen molar-refractivity contribution >= 4 is 41.2 Å². The van der Waals surface area contributed by atoms with E-state index in [9.17, 15) is 23.6 Å². The van der Waals surface area contributed by atoms with E-state index in [-0.39, 0.29) is 23.7 Å². The summed E-state index contributed by atoms with van der Waals surface area (Å²) < 4.78 is 23.9. The van der Waals surface area contributed by atoms with Crippen LogP contribution in [0.5, 0.6) is 11.5 Å². The van der Waals surface area contributed by atoms with Gasteiger partial charge in [0.25, 0.3) is 17.7 Å². The topological polar surface area (TPSA) is 114 Å². The lowest BCUT2D eigenvalue weighted by Gasteiger charge is -2.26. The molecule has 3 aromatic carbocycles. The number of barbiturate groups is 1. The first-order valence-corrected chi connectivity index (χ1v) is 11.5. The molecule has 2 N–H and O–H groups in total. The Morgan fingerprint density at radius 2 is 1.71 bits per heavy atom. The molecule has 4 rings (SSSR count). The average Bonchev–Trinajstić information content (AvgIpc) is 2.89. The summed E-state index contributed by atoms with van der Waals surface area (Å²) in [5.41, 5.74) is 2.83. The molecule has 1 aliphatic heterocycles. The van der Waals surface area contributed by atoms with Crippen LogP contribution in [-0.2, 0) is 14.4 Å². The van der Waals surface area contributed by atoms with E-state index in [1.807, 2.05) is 13.8 Å². The Balaban J connectivity index is 1.51. The molecule has 1 heterocycles. The molecule has 0 unspecified atom stereocenters. The summed E-state index contributed by atoms with van der Waals surface area (Å²) >= 11 is 0. The zero-order valence-corrected chi connectivity index (χ0v) is 20.8. The van der Waals surface area contributed by atoms with Gasteiger partial charge in [0.15, 0.2) is 18.1 Å². The van der Waals surface area contributed by atoms with Gasteiger partial charge < -0.3 is 14.8 Å². The number of aryl methyl sites for hydroxylation is 2. The fraction of sp³-hybridized carbons (Fsp3) is 0.143. The van der Waals surface area contributed by atoms with Gasteiger partial charge in [-0.15, -0.1) is 0 Å². The maximum absolute atomic E-state index is 13.2. The standard InChI is InChI=1S/C28H24FN3O6/c1-16-4-10-21(12-17(16)2)32-27(35)22(26(34)31-28(32)36)13-18-5-11-23(24(14-18)37-3)38-15-25(33)30-20-8-6-19(29)7-9-20/h4-14H,15H2,1-3H3,(H,30,33)(H,31,34,36)/b22-13-. The molecule has 0 spiro atoms. The fourth-order valence-corrected chi connectivity index (χ4v) is 3.69. The number of urea groups is 1. The summed E-state index contributed by atoms with van der Waals surface area (Å²) in [5.74, 6) is -1.98. The van der Waals surface area contributed by atoms with Crippen LogP contribution in [-0.4, -0.2) is 37.5 Å². The highest BCUT2D eigenvalue weighted by Gasteiger charge is 2.37. The second kappa shape index (κ2) is 11.0. The number of nitrogens with zero attached hydrogens (tertiary/aromatic N) is 1. The number of halogens is 1. The van der Waals surface area contributed by atoms with Gasteiger partial charge in [-0.05, 0) is 85.1 Å². The highest BCUT2D eigenvalue weighted by atomic mass is 19.1. The summed E-state index contributed by atoms with van der Waals surface area (Å²) in [6.45, 7) is 3.42. The Bertz CT molecular complexity index is 1470. The van der Waals surface area contributed by atoms with Crippen LogP contribution < -0.4 is 25.0 Å². The average molecular weight is 518 g/mol. The number of methoxy groups -OCH3 is 1. The van der Waals surface area contributed by atoms with E-state index < -0.39 is 29.6 Å². The van der Waals surface area contributed by atoms with E-state index in [0.29, 0.717) is 16.9 Å². The molecule has 0 radical (unpaired) electrons. The van der Waals surface area contributed by atoms with E-state index in [4.69, 9.17) is 9.47 Å². The first kappa shape index (κ1) is 26.1. The zero-order chi connectivity index (χ0) is 27.4. The van der Waals surface area contributed by atoms with Crippen LogP contribution in [0.3, 0.4) is 0 Å². The Morgan fingerprint density at radius 3 is 2.39 bits per heavy atom. The van der Waals surface area contributed by atoms with Crippen LogP contribution in [0, 0.1) is 19.7 Å². The Kier molecular flexibility index (Phi) is 7.52. The molecular weight excluding hydrogens is 493 g/mol. The summed E-state index contributed by atoms with van der Waals surface area (Å²) in [7, 11) is 1.40. The monoisotopic (exact) mass is 517 g/mol. The molecule has 1 aliphatic rings. The molecule has 9 nitrogen and oxygen atoms in total. The number of ether oxygens (including phenoxy) is 2. The summed E-state index contributed by atoms with van der Waals surface area (Å²) in [4.78, 5) is 51.3. The number of carbonyl (C=O) groups excluding carboxylic acids is 4. The van der Waals surface area contributed by atoms with Crippen LogP contribution in [0.4, 0.5) is 20.6 Å². The lowest BCUT2D eigenvalue weighted by molar-refractivity contribution is -0.122. The molecule has 194 valence electrons. The maximum atomic E-state index is 13.2. The second-order valence-electron chi connectivity index (χ2n) is 8.48. The lowest BCUT2D eigenvalue weighted by Crippen LogP contribution is -2.54. The second-order valence-corrected chi connectivity index (χ2v) is 8.48. The minimum Gasteiger partial charge on any atom is -0.493 e. The van der Waals surface area contributed by atoms with Crippen molar-refractivity contribution in [3.63, 3.8) is 0 Å². The van der Waals surface area contributed by atoms with Gasteiger partial charge in [-0.1, -0.05) is 12.1 Å². The smallest absolute Gasteiger partial charge is 0.335 e. The molecule has 1 saturated heterocycles. The van der Waals surface area contributed by atoms with Gasteiger partial charge in [0.05, 0.1) is 12.8 Å². The molecule has 0 atom stereocenters. The number of hydrogen-bond acceptors (Lipinski definition) is 6. The molecule has 0 aliphatic carbocycles. The zero-order valence-electron chi connectivity index (χ0n) is 20.8. The predicted molar refractivity (Wildman–Crippen MR) is 138 cm³/mol. The highest BCUT2D eigenvalue weighted by Crippen LogP contribution is 2.30. The number of rotatable bonds is 7. The maximum Gasteiger partial charge on any atom is 0.335 e. The quantitative estimate of drug-likeness (QED) is 0.360. The third-order valence-electron chi connectivity index (χ3n) is 5.84. The van der Waals surface area contributed by atoms with Gasteiger partial charge in [-0.2, -0.15) is 0 Å². The minimum absolute atomic E-state index is 0.239. The number of carbonyl (C=O) groups is 4. The third kappa shape index (κ3) is 5.70. The van der Waals surface area contributed by atoms with Gasteiger partial charge >= 0.3 is 6.03 Å². The van der Waals surface area contributed by atoms with E-state index >= 15 is 0 Å².